The van der Waals surface area contributed by atoms with Crippen molar-refractivity contribution in [2.75, 3.05) is 46.1 Å². The molecule has 0 aliphatic carbocycles. The molecule has 0 N–H and O–H groups in total. The zero-order valence-corrected chi connectivity index (χ0v) is 16.7. The first-order valence-corrected chi connectivity index (χ1v) is 10.2. The van der Waals surface area contributed by atoms with Crippen LogP contribution in [0.25, 0.3) is 0 Å². The lowest BCUT2D eigenvalue weighted by atomic mass is 10.1. The molecule has 0 amide bonds. The Labute approximate surface area is 167 Å². The lowest BCUT2D eigenvalue weighted by Crippen LogP contribution is -2.45. The smallest absolute Gasteiger partial charge is 0.165 e. The van der Waals surface area contributed by atoms with Gasteiger partial charge in [-0.25, -0.2) is 0 Å². The second-order valence-electron chi connectivity index (χ2n) is 7.59. The van der Waals surface area contributed by atoms with Crippen LogP contribution in [0.1, 0.15) is 18.1 Å². The predicted octanol–water partition coefficient (Wildman–Crippen LogP) is 3.18. The molecule has 1 saturated heterocycles. The van der Waals surface area contributed by atoms with Crippen LogP contribution < -0.4 is 9.47 Å². The van der Waals surface area contributed by atoms with Crippen molar-refractivity contribution in [2.24, 2.45) is 0 Å². The van der Waals surface area contributed by atoms with Crippen molar-refractivity contribution in [1.82, 2.24) is 9.80 Å². The van der Waals surface area contributed by atoms with Gasteiger partial charge in [-0.2, -0.15) is 0 Å². The zero-order valence-electron chi connectivity index (χ0n) is 16.7. The molecule has 1 fully saturated rings. The van der Waals surface area contributed by atoms with Crippen molar-refractivity contribution in [3.05, 3.63) is 59.7 Å². The van der Waals surface area contributed by atoms with Gasteiger partial charge in [-0.3, -0.25) is 9.80 Å². The number of para-hydroxylation sites is 1. The molecule has 2 aliphatic heterocycles. The van der Waals surface area contributed by atoms with E-state index in [0.717, 1.165) is 57.4 Å². The Bertz CT molecular complexity index is 747. The van der Waals surface area contributed by atoms with Crippen molar-refractivity contribution in [3.63, 3.8) is 0 Å². The molecule has 150 valence electrons. The molecule has 1 unspecified atom stereocenters. The van der Waals surface area contributed by atoms with E-state index in [2.05, 4.69) is 59.2 Å². The maximum absolute atomic E-state index is 5.96. The van der Waals surface area contributed by atoms with Crippen molar-refractivity contribution in [3.8, 4) is 11.5 Å². The van der Waals surface area contributed by atoms with E-state index in [4.69, 9.17) is 14.2 Å². The van der Waals surface area contributed by atoms with Gasteiger partial charge < -0.3 is 14.2 Å². The number of hydrogen-bond acceptors (Lipinski definition) is 5. The lowest BCUT2D eigenvalue weighted by Gasteiger charge is -2.35. The minimum absolute atomic E-state index is 0.415. The summed E-state index contributed by atoms with van der Waals surface area (Å²) in [5.74, 6) is 1.77. The molecule has 0 aromatic heterocycles. The Morgan fingerprint density at radius 3 is 2.50 bits per heavy atom. The molecule has 2 aliphatic rings. The average molecular weight is 383 g/mol. The summed E-state index contributed by atoms with van der Waals surface area (Å²) in [7, 11) is 0. The molecule has 5 nitrogen and oxygen atoms in total. The molecular formula is C23H30N2O3. The zero-order chi connectivity index (χ0) is 19.2. The van der Waals surface area contributed by atoms with Gasteiger partial charge in [0, 0.05) is 44.3 Å². The fourth-order valence-corrected chi connectivity index (χ4v) is 3.94. The van der Waals surface area contributed by atoms with Gasteiger partial charge in [0.15, 0.2) is 11.5 Å². The molecular weight excluding hydrogens is 352 g/mol. The topological polar surface area (TPSA) is 34.2 Å². The van der Waals surface area contributed by atoms with Crippen LogP contribution in [0.3, 0.4) is 0 Å². The number of hydrogen-bond donors (Lipinski definition) is 0. The Balaban J connectivity index is 1.52. The molecule has 5 heteroatoms. The van der Waals surface area contributed by atoms with Gasteiger partial charge >= 0.3 is 0 Å². The molecule has 28 heavy (non-hydrogen) atoms. The SMILES string of the molecule is CC(CN1CCOCC1)N(Cc1ccccc1)Cc1cccc2c1OCCO2. The van der Waals surface area contributed by atoms with E-state index < -0.39 is 0 Å². The Hall–Kier alpha value is -2.08. The minimum atomic E-state index is 0.415. The number of morpholine rings is 1. The van der Waals surface area contributed by atoms with Crippen molar-refractivity contribution in [2.45, 2.75) is 26.1 Å². The van der Waals surface area contributed by atoms with E-state index in [1.54, 1.807) is 0 Å². The van der Waals surface area contributed by atoms with Crippen LogP contribution in [0.5, 0.6) is 11.5 Å². The molecule has 0 saturated carbocycles. The summed E-state index contributed by atoms with van der Waals surface area (Å²) in [5, 5.41) is 0. The largest absolute Gasteiger partial charge is 0.486 e. The summed E-state index contributed by atoms with van der Waals surface area (Å²) in [6, 6.07) is 17.3. The molecule has 2 aromatic rings. The van der Waals surface area contributed by atoms with Gasteiger partial charge in [0.05, 0.1) is 13.2 Å². The lowest BCUT2D eigenvalue weighted by molar-refractivity contribution is 0.0224. The van der Waals surface area contributed by atoms with Gasteiger partial charge in [-0.1, -0.05) is 42.5 Å². The third-order valence-corrected chi connectivity index (χ3v) is 5.50. The van der Waals surface area contributed by atoms with E-state index in [9.17, 15) is 0 Å². The first-order chi connectivity index (χ1) is 13.8. The van der Waals surface area contributed by atoms with Crippen LogP contribution in [0.2, 0.25) is 0 Å². The van der Waals surface area contributed by atoms with Gasteiger partial charge in [0.2, 0.25) is 0 Å². The average Bonchev–Trinajstić information content (AvgIpc) is 2.75. The highest BCUT2D eigenvalue weighted by Crippen LogP contribution is 2.34. The van der Waals surface area contributed by atoms with Crippen molar-refractivity contribution in [1.29, 1.82) is 0 Å². The predicted molar refractivity (Wildman–Crippen MR) is 110 cm³/mol. The summed E-state index contributed by atoms with van der Waals surface area (Å²) in [6.07, 6.45) is 0. The number of ether oxygens (including phenoxy) is 3. The Morgan fingerprint density at radius 1 is 0.893 bits per heavy atom. The Kier molecular flexibility index (Phi) is 6.47. The molecule has 0 radical (unpaired) electrons. The second kappa shape index (κ2) is 9.41. The number of nitrogens with zero attached hydrogens (tertiary/aromatic N) is 2. The molecule has 2 aromatic carbocycles. The highest BCUT2D eigenvalue weighted by atomic mass is 16.6. The summed E-state index contributed by atoms with van der Waals surface area (Å²) < 4.78 is 17.2. The van der Waals surface area contributed by atoms with Crippen LogP contribution in [0.15, 0.2) is 48.5 Å². The van der Waals surface area contributed by atoms with Crippen LogP contribution in [0, 0.1) is 0 Å². The van der Waals surface area contributed by atoms with Crippen LogP contribution in [-0.4, -0.2) is 61.9 Å². The number of fused-ring (bicyclic) bond motifs is 1. The quantitative estimate of drug-likeness (QED) is 0.735. The summed E-state index contributed by atoms with van der Waals surface area (Å²) in [5.41, 5.74) is 2.53. The summed E-state index contributed by atoms with van der Waals surface area (Å²) in [6.45, 7) is 10.1. The summed E-state index contributed by atoms with van der Waals surface area (Å²) >= 11 is 0. The van der Waals surface area contributed by atoms with E-state index in [-0.39, 0.29) is 0 Å². The first kappa shape index (κ1) is 19.2. The number of rotatable bonds is 7. The van der Waals surface area contributed by atoms with Gasteiger partial charge in [-0.05, 0) is 18.6 Å². The summed E-state index contributed by atoms with van der Waals surface area (Å²) in [4.78, 5) is 5.05. The highest BCUT2D eigenvalue weighted by molar-refractivity contribution is 5.47. The van der Waals surface area contributed by atoms with E-state index in [1.165, 1.54) is 11.1 Å². The van der Waals surface area contributed by atoms with Crippen molar-refractivity contribution < 1.29 is 14.2 Å². The van der Waals surface area contributed by atoms with Gasteiger partial charge in [0.25, 0.3) is 0 Å². The third kappa shape index (κ3) is 4.85. The fraction of sp³-hybridized carbons (Fsp3) is 0.478. The van der Waals surface area contributed by atoms with Gasteiger partial charge in [-0.15, -0.1) is 0 Å². The van der Waals surface area contributed by atoms with Gasteiger partial charge in [0.1, 0.15) is 13.2 Å². The molecule has 1 atom stereocenters. The Morgan fingerprint density at radius 2 is 1.68 bits per heavy atom. The first-order valence-electron chi connectivity index (χ1n) is 10.2. The standard InChI is InChI=1S/C23H30N2O3/c1-19(16-24-10-12-26-13-11-24)25(17-20-6-3-2-4-7-20)18-21-8-5-9-22-23(21)28-15-14-27-22/h2-9,19H,10-18H2,1H3. The van der Waals surface area contributed by atoms with Crippen LogP contribution in [-0.2, 0) is 17.8 Å². The normalized spacial score (nSPS) is 18.2. The molecule has 0 spiro atoms. The minimum Gasteiger partial charge on any atom is -0.486 e. The maximum atomic E-state index is 5.96. The third-order valence-electron chi connectivity index (χ3n) is 5.50. The molecule has 4 rings (SSSR count). The molecule has 0 bridgehead atoms. The number of benzene rings is 2. The van der Waals surface area contributed by atoms with Crippen LogP contribution >= 0.6 is 0 Å². The van der Waals surface area contributed by atoms with E-state index in [0.29, 0.717) is 19.3 Å². The van der Waals surface area contributed by atoms with Crippen molar-refractivity contribution >= 4 is 0 Å². The van der Waals surface area contributed by atoms with Crippen LogP contribution in [0.4, 0.5) is 0 Å². The monoisotopic (exact) mass is 382 g/mol. The second-order valence-corrected chi connectivity index (χ2v) is 7.59. The molecule has 2 heterocycles. The maximum Gasteiger partial charge on any atom is 0.165 e. The fourth-order valence-electron chi connectivity index (χ4n) is 3.94. The van der Waals surface area contributed by atoms with E-state index >= 15 is 0 Å². The van der Waals surface area contributed by atoms with E-state index in [1.807, 2.05) is 6.07 Å². The highest BCUT2D eigenvalue weighted by Gasteiger charge is 2.23.